The van der Waals surface area contributed by atoms with Crippen LogP contribution in [0.15, 0.2) is 24.3 Å². The number of nitrogens with zero attached hydrogens (tertiary/aromatic N) is 1. The van der Waals surface area contributed by atoms with Gasteiger partial charge >= 0.3 is 0 Å². The van der Waals surface area contributed by atoms with Gasteiger partial charge in [0.2, 0.25) is 5.91 Å². The molecule has 1 aliphatic heterocycles. The van der Waals surface area contributed by atoms with Crippen LogP contribution in [0.2, 0.25) is 5.02 Å². The topological polar surface area (TPSA) is 46.3 Å². The van der Waals surface area contributed by atoms with Gasteiger partial charge in [-0.1, -0.05) is 30.2 Å². The average molecular weight is 307 g/mol. The van der Waals surface area contributed by atoms with Crippen molar-refractivity contribution in [2.24, 2.45) is 11.7 Å². The normalized spacial score (nSPS) is 29.6. The lowest BCUT2D eigenvalue weighted by Crippen LogP contribution is -2.40. The Morgan fingerprint density at radius 1 is 1.24 bits per heavy atom. The number of benzene rings is 1. The van der Waals surface area contributed by atoms with Gasteiger partial charge in [-0.25, -0.2) is 0 Å². The van der Waals surface area contributed by atoms with Crippen molar-refractivity contribution in [3.05, 3.63) is 34.9 Å². The van der Waals surface area contributed by atoms with Gasteiger partial charge in [-0.05, 0) is 49.8 Å². The molecule has 0 radical (unpaired) electrons. The van der Waals surface area contributed by atoms with Crippen molar-refractivity contribution in [2.45, 2.75) is 50.6 Å². The molecule has 114 valence electrons. The summed E-state index contributed by atoms with van der Waals surface area (Å²) in [5.41, 5.74) is 7.20. The number of amides is 1. The van der Waals surface area contributed by atoms with Crippen LogP contribution in [0, 0.1) is 5.92 Å². The first kappa shape index (κ1) is 14.9. The molecule has 1 aliphatic carbocycles. The van der Waals surface area contributed by atoms with Gasteiger partial charge in [0.25, 0.3) is 0 Å². The molecule has 3 atom stereocenters. The number of halogens is 1. The summed E-state index contributed by atoms with van der Waals surface area (Å²) < 4.78 is 0. The van der Waals surface area contributed by atoms with E-state index in [4.69, 9.17) is 17.3 Å². The first-order chi connectivity index (χ1) is 10.1. The number of hydrogen-bond acceptors (Lipinski definition) is 2. The molecule has 3 unspecified atom stereocenters. The van der Waals surface area contributed by atoms with Gasteiger partial charge in [-0.15, -0.1) is 0 Å². The van der Waals surface area contributed by atoms with Gasteiger partial charge in [0.05, 0.1) is 6.04 Å². The summed E-state index contributed by atoms with van der Waals surface area (Å²) in [5, 5.41) is 0.742. The highest BCUT2D eigenvalue weighted by atomic mass is 35.5. The predicted octanol–water partition coefficient (Wildman–Crippen LogP) is 3.52. The molecule has 1 saturated carbocycles. The van der Waals surface area contributed by atoms with Crippen molar-refractivity contribution in [1.82, 2.24) is 4.90 Å². The molecule has 21 heavy (non-hydrogen) atoms. The SMILES string of the molecule is NC1CCCC(C(=O)N2CCCC2c2cccc(Cl)c2)C1. The van der Waals surface area contributed by atoms with Crippen molar-refractivity contribution in [3.63, 3.8) is 0 Å². The monoisotopic (exact) mass is 306 g/mol. The lowest BCUT2D eigenvalue weighted by atomic mass is 9.85. The molecule has 3 nitrogen and oxygen atoms in total. The van der Waals surface area contributed by atoms with Gasteiger partial charge in [0.1, 0.15) is 0 Å². The number of carbonyl (C=O) groups excluding carboxylic acids is 1. The molecule has 1 amide bonds. The Hall–Kier alpha value is -1.06. The van der Waals surface area contributed by atoms with E-state index in [9.17, 15) is 4.79 Å². The van der Waals surface area contributed by atoms with E-state index in [1.54, 1.807) is 0 Å². The van der Waals surface area contributed by atoms with Crippen molar-refractivity contribution in [3.8, 4) is 0 Å². The molecule has 1 heterocycles. The number of hydrogen-bond donors (Lipinski definition) is 1. The van der Waals surface area contributed by atoms with E-state index in [0.717, 1.165) is 55.7 Å². The molecular formula is C17H23ClN2O. The fraction of sp³-hybridized carbons (Fsp3) is 0.588. The Morgan fingerprint density at radius 3 is 2.86 bits per heavy atom. The lowest BCUT2D eigenvalue weighted by Gasteiger charge is -2.32. The third kappa shape index (κ3) is 3.24. The third-order valence-electron chi connectivity index (χ3n) is 4.83. The maximum atomic E-state index is 12.9. The van der Waals surface area contributed by atoms with Crippen molar-refractivity contribution >= 4 is 17.5 Å². The Labute approximate surface area is 131 Å². The first-order valence-electron chi connectivity index (χ1n) is 7.96. The predicted molar refractivity (Wildman–Crippen MR) is 85.1 cm³/mol. The molecule has 1 aromatic carbocycles. The lowest BCUT2D eigenvalue weighted by molar-refractivity contribution is -0.137. The molecule has 1 saturated heterocycles. The van der Waals surface area contributed by atoms with E-state index < -0.39 is 0 Å². The first-order valence-corrected chi connectivity index (χ1v) is 8.34. The molecule has 2 aliphatic rings. The largest absolute Gasteiger partial charge is 0.335 e. The van der Waals surface area contributed by atoms with Crippen molar-refractivity contribution < 1.29 is 4.79 Å². The molecule has 2 fully saturated rings. The van der Waals surface area contributed by atoms with Gasteiger partial charge in [-0.3, -0.25) is 4.79 Å². The minimum absolute atomic E-state index is 0.119. The van der Waals surface area contributed by atoms with Crippen LogP contribution in [-0.4, -0.2) is 23.4 Å². The number of likely N-dealkylation sites (tertiary alicyclic amines) is 1. The van der Waals surface area contributed by atoms with E-state index in [2.05, 4.69) is 11.0 Å². The zero-order chi connectivity index (χ0) is 14.8. The van der Waals surface area contributed by atoms with E-state index in [1.807, 2.05) is 18.2 Å². The zero-order valence-corrected chi connectivity index (χ0v) is 13.1. The van der Waals surface area contributed by atoms with Crippen LogP contribution in [0.3, 0.4) is 0 Å². The zero-order valence-electron chi connectivity index (χ0n) is 12.3. The van der Waals surface area contributed by atoms with Crippen LogP contribution in [0.5, 0.6) is 0 Å². The Bertz CT molecular complexity index is 519. The van der Waals surface area contributed by atoms with Gasteiger partial charge in [0, 0.05) is 23.5 Å². The summed E-state index contributed by atoms with van der Waals surface area (Å²) >= 11 is 6.10. The van der Waals surface area contributed by atoms with E-state index in [1.165, 1.54) is 0 Å². The summed E-state index contributed by atoms with van der Waals surface area (Å²) in [4.78, 5) is 14.9. The molecule has 3 rings (SSSR count). The van der Waals surface area contributed by atoms with Crippen LogP contribution in [0.1, 0.15) is 50.1 Å². The standard InChI is InChI=1S/C17H23ClN2O/c18-14-6-1-4-12(10-14)16-8-3-9-20(16)17(21)13-5-2-7-15(19)11-13/h1,4,6,10,13,15-16H,2-3,5,7-9,11,19H2. The Morgan fingerprint density at radius 2 is 2.10 bits per heavy atom. The average Bonchev–Trinajstić information content (AvgIpc) is 2.96. The molecule has 0 bridgehead atoms. The minimum atomic E-state index is 0.119. The number of rotatable bonds is 2. The molecule has 0 spiro atoms. The maximum absolute atomic E-state index is 12.9. The smallest absolute Gasteiger partial charge is 0.226 e. The van der Waals surface area contributed by atoms with Crippen LogP contribution in [0.25, 0.3) is 0 Å². The Balaban J connectivity index is 1.75. The van der Waals surface area contributed by atoms with Crippen molar-refractivity contribution in [2.75, 3.05) is 6.54 Å². The quantitative estimate of drug-likeness (QED) is 0.908. The molecule has 2 N–H and O–H groups in total. The van der Waals surface area contributed by atoms with Crippen LogP contribution < -0.4 is 5.73 Å². The summed E-state index contributed by atoms with van der Waals surface area (Å²) in [6.07, 6.45) is 6.07. The highest BCUT2D eigenvalue weighted by Crippen LogP contribution is 2.36. The maximum Gasteiger partial charge on any atom is 0.226 e. The van der Waals surface area contributed by atoms with Gasteiger partial charge < -0.3 is 10.6 Å². The van der Waals surface area contributed by atoms with E-state index in [0.29, 0.717) is 5.91 Å². The van der Waals surface area contributed by atoms with Crippen LogP contribution >= 0.6 is 11.6 Å². The minimum Gasteiger partial charge on any atom is -0.335 e. The fourth-order valence-corrected chi connectivity index (χ4v) is 3.98. The van der Waals surface area contributed by atoms with Gasteiger partial charge in [0.15, 0.2) is 0 Å². The van der Waals surface area contributed by atoms with E-state index >= 15 is 0 Å². The second kappa shape index (κ2) is 6.37. The second-order valence-corrected chi connectivity index (χ2v) is 6.80. The van der Waals surface area contributed by atoms with Crippen LogP contribution in [-0.2, 0) is 4.79 Å². The molecule has 4 heteroatoms. The summed E-state index contributed by atoms with van der Waals surface area (Å²) in [6.45, 7) is 0.863. The molecule has 0 aromatic heterocycles. The summed E-state index contributed by atoms with van der Waals surface area (Å²) in [5.74, 6) is 0.418. The Kier molecular flexibility index (Phi) is 4.51. The van der Waals surface area contributed by atoms with E-state index in [-0.39, 0.29) is 18.0 Å². The fourth-order valence-electron chi connectivity index (χ4n) is 3.78. The van der Waals surface area contributed by atoms with Crippen LogP contribution in [0.4, 0.5) is 0 Å². The summed E-state index contributed by atoms with van der Waals surface area (Å²) in [7, 11) is 0. The van der Waals surface area contributed by atoms with Gasteiger partial charge in [-0.2, -0.15) is 0 Å². The highest BCUT2D eigenvalue weighted by molar-refractivity contribution is 6.30. The summed E-state index contributed by atoms with van der Waals surface area (Å²) in [6, 6.07) is 8.30. The molecular weight excluding hydrogens is 284 g/mol. The second-order valence-electron chi connectivity index (χ2n) is 6.37. The third-order valence-corrected chi connectivity index (χ3v) is 5.07. The van der Waals surface area contributed by atoms with Crippen molar-refractivity contribution in [1.29, 1.82) is 0 Å². The number of carbonyl (C=O) groups is 1. The highest BCUT2D eigenvalue weighted by Gasteiger charge is 2.35. The molecule has 1 aromatic rings. The number of nitrogens with two attached hydrogens (primary N) is 1.